The first-order valence-electron chi connectivity index (χ1n) is 10.7. The highest BCUT2D eigenvalue weighted by atomic mass is 19.1. The maximum Gasteiger partial charge on any atom is 0.246 e. The summed E-state index contributed by atoms with van der Waals surface area (Å²) < 4.78 is 34.2. The summed E-state index contributed by atoms with van der Waals surface area (Å²) in [6.07, 6.45) is 1.36. The van der Waals surface area contributed by atoms with Crippen LogP contribution in [0.25, 0.3) is 5.69 Å². The number of nitrogens with one attached hydrogen (secondary N) is 1. The predicted octanol–water partition coefficient (Wildman–Crippen LogP) is 3.51. The SMILES string of the molecule is Cc1cc(Nc2ncn(-c3cc(F)ccc3F)n2)cc(N2CCN(C3(C)COC3)CC2)c1. The highest BCUT2D eigenvalue weighted by Crippen LogP contribution is 2.29. The van der Waals surface area contributed by atoms with Crippen LogP contribution in [0.2, 0.25) is 0 Å². The van der Waals surface area contributed by atoms with E-state index >= 15 is 0 Å². The van der Waals surface area contributed by atoms with Gasteiger partial charge in [0, 0.05) is 43.6 Å². The van der Waals surface area contributed by atoms with Gasteiger partial charge in [0.25, 0.3) is 0 Å². The fourth-order valence-corrected chi connectivity index (χ4v) is 4.33. The van der Waals surface area contributed by atoms with Gasteiger partial charge in [0.1, 0.15) is 23.6 Å². The minimum absolute atomic E-state index is 0.0129. The molecule has 2 aromatic carbocycles. The first kappa shape index (κ1) is 20.8. The third-order valence-electron chi connectivity index (χ3n) is 6.20. The van der Waals surface area contributed by atoms with Crippen LogP contribution in [0.4, 0.5) is 26.1 Å². The zero-order chi connectivity index (χ0) is 22.3. The van der Waals surface area contributed by atoms with Crippen molar-refractivity contribution in [2.45, 2.75) is 19.4 Å². The van der Waals surface area contributed by atoms with Crippen LogP contribution in [0.15, 0.2) is 42.7 Å². The number of piperazine rings is 1. The molecule has 1 N–H and O–H groups in total. The fraction of sp³-hybridized carbons (Fsp3) is 0.391. The van der Waals surface area contributed by atoms with Crippen LogP contribution in [0.5, 0.6) is 0 Å². The van der Waals surface area contributed by atoms with E-state index in [4.69, 9.17) is 4.74 Å². The van der Waals surface area contributed by atoms with Gasteiger partial charge >= 0.3 is 0 Å². The van der Waals surface area contributed by atoms with E-state index in [0.29, 0.717) is 5.95 Å². The van der Waals surface area contributed by atoms with E-state index < -0.39 is 11.6 Å². The Labute approximate surface area is 185 Å². The van der Waals surface area contributed by atoms with Gasteiger partial charge in [-0.2, -0.15) is 4.98 Å². The largest absolute Gasteiger partial charge is 0.377 e. The number of anilines is 3. The van der Waals surface area contributed by atoms with Crippen LogP contribution < -0.4 is 10.2 Å². The molecular formula is C23H26F2N6O. The minimum atomic E-state index is -0.567. The van der Waals surface area contributed by atoms with Gasteiger partial charge in [0.2, 0.25) is 5.95 Å². The number of ether oxygens (including phenoxy) is 1. The summed E-state index contributed by atoms with van der Waals surface area (Å²) in [4.78, 5) is 9.10. The van der Waals surface area contributed by atoms with Gasteiger partial charge in [0.05, 0.1) is 18.8 Å². The molecule has 2 aliphatic heterocycles. The molecule has 0 bridgehead atoms. The molecular weight excluding hydrogens is 414 g/mol. The van der Waals surface area contributed by atoms with Gasteiger partial charge < -0.3 is 15.0 Å². The Hall–Kier alpha value is -3.04. The molecule has 7 nitrogen and oxygen atoms in total. The normalized spacial score (nSPS) is 18.4. The van der Waals surface area contributed by atoms with Crippen LogP contribution in [-0.4, -0.2) is 64.6 Å². The second-order valence-electron chi connectivity index (χ2n) is 8.75. The number of aryl methyl sites for hydroxylation is 1. The summed E-state index contributed by atoms with van der Waals surface area (Å²) in [5, 5.41) is 7.44. The first-order chi connectivity index (χ1) is 15.4. The van der Waals surface area contributed by atoms with Crippen molar-refractivity contribution in [2.24, 2.45) is 0 Å². The Bertz CT molecular complexity index is 1120. The maximum atomic E-state index is 14.0. The smallest absolute Gasteiger partial charge is 0.246 e. The molecule has 1 aromatic heterocycles. The van der Waals surface area contributed by atoms with Gasteiger partial charge in [-0.05, 0) is 49.7 Å². The predicted molar refractivity (Wildman–Crippen MR) is 119 cm³/mol. The van der Waals surface area contributed by atoms with E-state index in [1.165, 1.54) is 11.0 Å². The zero-order valence-electron chi connectivity index (χ0n) is 18.2. The van der Waals surface area contributed by atoms with E-state index in [1.807, 2.05) is 13.0 Å². The monoisotopic (exact) mass is 440 g/mol. The van der Waals surface area contributed by atoms with Gasteiger partial charge in [0.15, 0.2) is 0 Å². The van der Waals surface area contributed by atoms with Crippen LogP contribution >= 0.6 is 0 Å². The number of halogens is 2. The topological polar surface area (TPSA) is 58.5 Å². The lowest BCUT2D eigenvalue weighted by molar-refractivity contribution is -0.131. The van der Waals surface area contributed by atoms with Gasteiger partial charge in [-0.3, -0.25) is 4.90 Å². The molecule has 2 fully saturated rings. The highest BCUT2D eigenvalue weighted by molar-refractivity contribution is 5.64. The third kappa shape index (κ3) is 4.05. The Morgan fingerprint density at radius 3 is 2.53 bits per heavy atom. The van der Waals surface area contributed by atoms with Gasteiger partial charge in [-0.25, -0.2) is 13.5 Å². The highest BCUT2D eigenvalue weighted by Gasteiger charge is 2.40. The summed E-state index contributed by atoms with van der Waals surface area (Å²) in [7, 11) is 0. The molecule has 168 valence electrons. The molecule has 0 amide bonds. The second kappa shape index (κ2) is 8.14. The van der Waals surface area contributed by atoms with E-state index in [-0.39, 0.29) is 11.2 Å². The Kier molecular flexibility index (Phi) is 5.30. The second-order valence-corrected chi connectivity index (χ2v) is 8.75. The lowest BCUT2D eigenvalue weighted by Gasteiger charge is -2.50. The summed E-state index contributed by atoms with van der Waals surface area (Å²) in [6, 6.07) is 9.49. The molecule has 0 spiro atoms. The van der Waals surface area contributed by atoms with Gasteiger partial charge in [-0.1, -0.05) is 0 Å². The number of nitrogens with zero attached hydrogens (tertiary/aromatic N) is 5. The lowest BCUT2D eigenvalue weighted by atomic mass is 9.97. The Balaban J connectivity index is 1.30. The van der Waals surface area contributed by atoms with Crippen molar-refractivity contribution in [3.63, 3.8) is 0 Å². The van der Waals surface area contributed by atoms with Crippen molar-refractivity contribution in [1.29, 1.82) is 0 Å². The van der Waals surface area contributed by atoms with Crippen LogP contribution in [0.3, 0.4) is 0 Å². The average molecular weight is 440 g/mol. The number of hydrogen-bond acceptors (Lipinski definition) is 6. The molecule has 3 aromatic rings. The van der Waals surface area contributed by atoms with Gasteiger partial charge in [-0.15, -0.1) is 5.10 Å². The molecule has 0 saturated carbocycles. The van der Waals surface area contributed by atoms with Crippen LogP contribution in [0.1, 0.15) is 12.5 Å². The van der Waals surface area contributed by atoms with Crippen molar-refractivity contribution in [1.82, 2.24) is 19.7 Å². The number of aromatic nitrogens is 3. The number of rotatable bonds is 5. The minimum Gasteiger partial charge on any atom is -0.377 e. The van der Waals surface area contributed by atoms with E-state index in [2.05, 4.69) is 44.3 Å². The van der Waals surface area contributed by atoms with Crippen molar-refractivity contribution in [3.8, 4) is 5.69 Å². The molecule has 5 rings (SSSR count). The standard InChI is InChI=1S/C23H26F2N6O/c1-16-9-18(27-22-26-15-31(28-22)21-11-17(24)3-4-20(21)25)12-19(10-16)29-5-7-30(8-6-29)23(2)13-32-14-23/h3-4,9-12,15H,5-8,13-14H2,1-2H3,(H,27,28). The van der Waals surface area contributed by atoms with Crippen molar-refractivity contribution < 1.29 is 13.5 Å². The van der Waals surface area contributed by atoms with E-state index in [0.717, 1.165) is 74.5 Å². The quantitative estimate of drug-likeness (QED) is 0.655. The summed E-state index contributed by atoms with van der Waals surface area (Å²) in [5.41, 5.74) is 3.29. The molecule has 0 radical (unpaired) electrons. The maximum absolute atomic E-state index is 14.0. The molecule has 2 aliphatic rings. The van der Waals surface area contributed by atoms with E-state index in [1.54, 1.807) is 0 Å². The summed E-state index contributed by atoms with van der Waals surface area (Å²) in [5.74, 6) is -0.788. The molecule has 0 atom stereocenters. The Morgan fingerprint density at radius 2 is 1.81 bits per heavy atom. The molecule has 0 aliphatic carbocycles. The average Bonchev–Trinajstić information content (AvgIpc) is 3.21. The first-order valence-corrected chi connectivity index (χ1v) is 10.7. The van der Waals surface area contributed by atoms with Crippen LogP contribution in [-0.2, 0) is 4.74 Å². The molecule has 3 heterocycles. The van der Waals surface area contributed by atoms with E-state index in [9.17, 15) is 8.78 Å². The van der Waals surface area contributed by atoms with Crippen LogP contribution in [0, 0.1) is 18.6 Å². The molecule has 2 saturated heterocycles. The summed E-state index contributed by atoms with van der Waals surface area (Å²) in [6.45, 7) is 9.84. The van der Waals surface area contributed by atoms with Crippen molar-refractivity contribution in [3.05, 3.63) is 59.9 Å². The van der Waals surface area contributed by atoms with Crippen molar-refractivity contribution >= 4 is 17.3 Å². The van der Waals surface area contributed by atoms with Crippen molar-refractivity contribution in [2.75, 3.05) is 49.6 Å². The zero-order valence-corrected chi connectivity index (χ0v) is 18.2. The third-order valence-corrected chi connectivity index (χ3v) is 6.20. The number of benzene rings is 2. The molecule has 32 heavy (non-hydrogen) atoms. The fourth-order valence-electron chi connectivity index (χ4n) is 4.33. The Morgan fingerprint density at radius 1 is 1.03 bits per heavy atom. The number of hydrogen-bond donors (Lipinski definition) is 1. The molecule has 9 heteroatoms. The molecule has 0 unspecified atom stereocenters. The lowest BCUT2D eigenvalue weighted by Crippen LogP contribution is -2.64. The summed E-state index contributed by atoms with van der Waals surface area (Å²) >= 11 is 0.